The van der Waals surface area contributed by atoms with E-state index >= 15 is 0 Å². The molecular formula is C13H14BrClN2O2S. The van der Waals surface area contributed by atoms with Crippen LogP contribution in [-0.2, 0) is 22.0 Å². The van der Waals surface area contributed by atoms with Crippen LogP contribution < -0.4 is 0 Å². The molecule has 0 spiro atoms. The number of hydrogen-bond acceptors (Lipinski definition) is 3. The third kappa shape index (κ3) is 3.62. The van der Waals surface area contributed by atoms with Gasteiger partial charge < -0.3 is 4.57 Å². The van der Waals surface area contributed by atoms with Crippen molar-refractivity contribution in [3.05, 3.63) is 46.3 Å². The number of hydrogen-bond donors (Lipinski definition) is 0. The lowest BCUT2D eigenvalue weighted by atomic mass is 10.2. The molecule has 1 heterocycles. The molecule has 2 rings (SSSR count). The molecule has 4 nitrogen and oxygen atoms in total. The molecule has 0 atom stereocenters. The van der Waals surface area contributed by atoms with E-state index in [-0.39, 0.29) is 5.03 Å². The topological polar surface area (TPSA) is 52.0 Å². The molecule has 20 heavy (non-hydrogen) atoms. The predicted molar refractivity (Wildman–Crippen MR) is 82.5 cm³/mol. The largest absolute Gasteiger partial charge is 0.329 e. The van der Waals surface area contributed by atoms with Crippen LogP contribution in [0, 0.1) is 0 Å². The summed E-state index contributed by atoms with van der Waals surface area (Å²) < 4.78 is 25.6. The molecule has 0 amide bonds. The average Bonchev–Trinajstić information content (AvgIpc) is 2.76. The number of aromatic nitrogens is 2. The van der Waals surface area contributed by atoms with Crippen molar-refractivity contribution in [1.82, 2.24) is 9.55 Å². The van der Waals surface area contributed by atoms with Crippen LogP contribution in [0.4, 0.5) is 0 Å². The summed E-state index contributed by atoms with van der Waals surface area (Å²) in [6, 6.07) is 7.80. The molecule has 0 N–H and O–H groups in total. The van der Waals surface area contributed by atoms with Crippen LogP contribution in [0.2, 0.25) is 0 Å². The first-order valence-electron chi connectivity index (χ1n) is 6.16. The molecule has 0 bridgehead atoms. The fourth-order valence-corrected chi connectivity index (χ4v) is 3.02. The van der Waals surface area contributed by atoms with Crippen LogP contribution in [0.3, 0.4) is 0 Å². The average molecular weight is 378 g/mol. The minimum Gasteiger partial charge on any atom is -0.329 e. The predicted octanol–water partition coefficient (Wildman–Crippen LogP) is 3.57. The van der Waals surface area contributed by atoms with Gasteiger partial charge in [0.1, 0.15) is 5.82 Å². The summed E-state index contributed by atoms with van der Waals surface area (Å²) in [7, 11) is 1.57. The Balaban J connectivity index is 2.40. The Kier molecular flexibility index (Phi) is 4.88. The second kappa shape index (κ2) is 6.28. The summed E-state index contributed by atoms with van der Waals surface area (Å²) in [6.07, 6.45) is 3.08. The Morgan fingerprint density at radius 1 is 1.35 bits per heavy atom. The molecule has 0 aliphatic rings. The molecule has 0 aliphatic carbocycles. The van der Waals surface area contributed by atoms with E-state index in [1.807, 2.05) is 35.8 Å². The van der Waals surface area contributed by atoms with Gasteiger partial charge in [-0.05, 0) is 18.1 Å². The third-order valence-electron chi connectivity index (χ3n) is 2.86. The lowest BCUT2D eigenvalue weighted by Crippen LogP contribution is -2.04. The maximum atomic E-state index is 11.4. The Morgan fingerprint density at radius 2 is 2.05 bits per heavy atom. The number of nitrogens with zero attached hydrogens (tertiary/aromatic N) is 2. The van der Waals surface area contributed by atoms with Gasteiger partial charge in [0.25, 0.3) is 9.05 Å². The molecule has 0 radical (unpaired) electrons. The van der Waals surface area contributed by atoms with E-state index in [0.29, 0.717) is 13.0 Å². The SMILES string of the molecule is CCCc1nc(S(=O)(=O)Cl)cn1Cc1ccccc1Br. The normalized spacial score (nSPS) is 11.8. The summed E-state index contributed by atoms with van der Waals surface area (Å²) in [6.45, 7) is 2.57. The molecule has 0 saturated carbocycles. The monoisotopic (exact) mass is 376 g/mol. The molecule has 108 valence electrons. The number of halogens is 2. The summed E-state index contributed by atoms with van der Waals surface area (Å²) in [5.74, 6) is 0.725. The van der Waals surface area contributed by atoms with Crippen LogP contribution in [0.1, 0.15) is 24.7 Å². The first kappa shape index (κ1) is 15.5. The zero-order chi connectivity index (χ0) is 14.8. The maximum Gasteiger partial charge on any atom is 0.280 e. The van der Waals surface area contributed by atoms with Crippen molar-refractivity contribution >= 4 is 35.7 Å². The molecule has 0 saturated heterocycles. The van der Waals surface area contributed by atoms with Crippen LogP contribution >= 0.6 is 26.6 Å². The van der Waals surface area contributed by atoms with Crippen molar-refractivity contribution in [1.29, 1.82) is 0 Å². The summed E-state index contributed by atoms with van der Waals surface area (Å²) in [4.78, 5) is 4.12. The van der Waals surface area contributed by atoms with Crippen LogP contribution in [0.5, 0.6) is 0 Å². The van der Waals surface area contributed by atoms with Crippen molar-refractivity contribution in [2.24, 2.45) is 0 Å². The summed E-state index contributed by atoms with van der Waals surface area (Å²) in [5, 5.41) is -0.0883. The minimum absolute atomic E-state index is 0.0883. The number of benzene rings is 1. The second-order valence-electron chi connectivity index (χ2n) is 4.40. The molecule has 1 aromatic heterocycles. The highest BCUT2D eigenvalue weighted by atomic mass is 79.9. The highest BCUT2D eigenvalue weighted by molar-refractivity contribution is 9.10. The van der Waals surface area contributed by atoms with Gasteiger partial charge in [-0.3, -0.25) is 0 Å². The van der Waals surface area contributed by atoms with Gasteiger partial charge in [-0.2, -0.15) is 0 Å². The number of aryl methyl sites for hydroxylation is 1. The molecule has 2 aromatic rings. The third-order valence-corrected chi connectivity index (χ3v) is 4.80. The van der Waals surface area contributed by atoms with E-state index in [4.69, 9.17) is 10.7 Å². The van der Waals surface area contributed by atoms with Crippen molar-refractivity contribution in [3.8, 4) is 0 Å². The molecule has 7 heteroatoms. The van der Waals surface area contributed by atoms with Crippen LogP contribution in [-0.4, -0.2) is 18.0 Å². The van der Waals surface area contributed by atoms with E-state index in [0.717, 1.165) is 22.3 Å². The summed E-state index contributed by atoms with van der Waals surface area (Å²) in [5.41, 5.74) is 1.06. The van der Waals surface area contributed by atoms with Crippen LogP contribution in [0.15, 0.2) is 40.0 Å². The Hall–Kier alpha value is -0.850. The first-order chi connectivity index (χ1) is 9.41. The lowest BCUT2D eigenvalue weighted by Gasteiger charge is -2.08. The smallest absolute Gasteiger partial charge is 0.280 e. The Morgan fingerprint density at radius 3 is 2.65 bits per heavy atom. The quantitative estimate of drug-likeness (QED) is 0.748. The van der Waals surface area contributed by atoms with Gasteiger partial charge in [-0.25, -0.2) is 13.4 Å². The Labute approximate surface area is 131 Å². The van der Waals surface area contributed by atoms with E-state index in [1.54, 1.807) is 0 Å². The maximum absolute atomic E-state index is 11.4. The number of rotatable bonds is 5. The lowest BCUT2D eigenvalue weighted by molar-refractivity contribution is 0.606. The van der Waals surface area contributed by atoms with E-state index in [9.17, 15) is 8.42 Å². The van der Waals surface area contributed by atoms with Gasteiger partial charge in [-0.1, -0.05) is 41.1 Å². The van der Waals surface area contributed by atoms with Gasteiger partial charge in [0.2, 0.25) is 0 Å². The van der Waals surface area contributed by atoms with Crippen molar-refractivity contribution in [2.45, 2.75) is 31.3 Å². The Bertz CT molecular complexity index is 713. The van der Waals surface area contributed by atoms with Crippen LogP contribution in [0.25, 0.3) is 0 Å². The fraction of sp³-hybridized carbons (Fsp3) is 0.308. The van der Waals surface area contributed by atoms with Gasteiger partial charge in [0, 0.05) is 34.3 Å². The van der Waals surface area contributed by atoms with Crippen molar-refractivity contribution in [2.75, 3.05) is 0 Å². The first-order valence-corrected chi connectivity index (χ1v) is 9.26. The van der Waals surface area contributed by atoms with Crippen molar-refractivity contribution < 1.29 is 8.42 Å². The standard InChI is InChI=1S/C13H14BrClN2O2S/c1-2-5-12-16-13(20(15,18)19)9-17(12)8-10-6-3-4-7-11(10)14/h3-4,6-7,9H,2,5,8H2,1H3. The minimum atomic E-state index is -3.80. The van der Waals surface area contributed by atoms with Gasteiger partial charge in [0.15, 0.2) is 5.03 Å². The second-order valence-corrected chi connectivity index (χ2v) is 7.77. The molecule has 1 aromatic carbocycles. The number of imidazole rings is 1. The van der Waals surface area contributed by atoms with Gasteiger partial charge in [0.05, 0.1) is 0 Å². The van der Waals surface area contributed by atoms with E-state index < -0.39 is 9.05 Å². The molecular weight excluding hydrogens is 364 g/mol. The van der Waals surface area contributed by atoms with E-state index in [2.05, 4.69) is 20.9 Å². The van der Waals surface area contributed by atoms with Crippen molar-refractivity contribution in [3.63, 3.8) is 0 Å². The molecule has 0 unspecified atom stereocenters. The highest BCUT2D eigenvalue weighted by Gasteiger charge is 2.17. The zero-order valence-corrected chi connectivity index (χ0v) is 14.0. The highest BCUT2D eigenvalue weighted by Crippen LogP contribution is 2.20. The summed E-state index contributed by atoms with van der Waals surface area (Å²) >= 11 is 3.49. The van der Waals surface area contributed by atoms with Gasteiger partial charge >= 0.3 is 0 Å². The molecule has 0 fully saturated rings. The van der Waals surface area contributed by atoms with E-state index in [1.165, 1.54) is 6.20 Å². The fourth-order valence-electron chi connectivity index (χ4n) is 1.92. The zero-order valence-electron chi connectivity index (χ0n) is 10.9. The van der Waals surface area contributed by atoms with Gasteiger partial charge in [-0.15, -0.1) is 0 Å². The molecule has 0 aliphatic heterocycles.